The smallest absolute Gasteiger partial charge is 0.198 e. The van der Waals surface area contributed by atoms with Crippen molar-refractivity contribution in [3.05, 3.63) is 229 Å². The van der Waals surface area contributed by atoms with E-state index in [1.54, 1.807) is 0 Å². The van der Waals surface area contributed by atoms with E-state index in [-0.39, 0.29) is 16.2 Å². The van der Waals surface area contributed by atoms with Crippen LogP contribution in [0.15, 0.2) is 206 Å². The third-order valence-corrected chi connectivity index (χ3v) is 15.1. The van der Waals surface area contributed by atoms with Gasteiger partial charge in [0.15, 0.2) is 7.28 Å². The fraction of sp³-hybridized carbons (Fsp3) is 0.188. The van der Waals surface area contributed by atoms with Crippen LogP contribution < -0.4 is 26.0 Å². The summed E-state index contributed by atoms with van der Waals surface area (Å²) in [5, 5.41) is 8.85. The minimum atomic E-state index is 0.0375. The molecule has 11 rings (SSSR count). The number of nitrogens with one attached hydrogen (secondary N) is 1. The molecule has 73 heavy (non-hydrogen) atoms. The molecule has 3 nitrogen and oxygen atoms in total. The Bertz CT molecular complexity index is 3610. The molecule has 10 aromatic rings. The van der Waals surface area contributed by atoms with E-state index < -0.39 is 0 Å². The molecule has 0 radical (unpaired) electrons. The number of anilines is 8. The highest BCUT2D eigenvalue weighted by molar-refractivity contribution is 6.74. The summed E-state index contributed by atoms with van der Waals surface area (Å²) in [5.74, 6) is 0. The summed E-state index contributed by atoms with van der Waals surface area (Å²) < 4.78 is 0. The molecule has 10 aromatic carbocycles. The van der Waals surface area contributed by atoms with Gasteiger partial charge in [-0.25, -0.2) is 0 Å². The predicted octanol–water partition coefficient (Wildman–Crippen LogP) is 17.9. The van der Waals surface area contributed by atoms with Crippen molar-refractivity contribution in [1.82, 2.24) is 0 Å². The highest BCUT2D eigenvalue weighted by Crippen LogP contribution is 2.47. The molecule has 0 aliphatic carbocycles. The Morgan fingerprint density at radius 3 is 1.58 bits per heavy atom. The Morgan fingerprint density at radius 2 is 0.973 bits per heavy atom. The van der Waals surface area contributed by atoms with E-state index in [4.69, 9.17) is 0 Å². The van der Waals surface area contributed by atoms with Gasteiger partial charge in [-0.05, 0) is 150 Å². The average molecular weight is 948 g/mol. The second-order valence-electron chi connectivity index (χ2n) is 23.3. The van der Waals surface area contributed by atoms with Crippen LogP contribution in [0.25, 0.3) is 43.8 Å². The highest BCUT2D eigenvalue weighted by Gasteiger charge is 2.32. The van der Waals surface area contributed by atoms with Crippen LogP contribution in [0.4, 0.5) is 45.5 Å². The number of nitrogens with zero attached hydrogens (tertiary/aromatic N) is 2. The van der Waals surface area contributed by atoms with Gasteiger partial charge in [-0.3, -0.25) is 0 Å². The minimum Gasteiger partial charge on any atom is -0.355 e. The number of aryl methyl sites for hydroxylation is 1. The lowest BCUT2D eigenvalue weighted by Crippen LogP contribution is -2.41. The Balaban J connectivity index is 1.15. The molecule has 1 aliphatic heterocycles. The normalized spacial score (nSPS) is 12.6. The van der Waals surface area contributed by atoms with Crippen LogP contribution in [0.3, 0.4) is 0 Å². The molecule has 1 heterocycles. The third kappa shape index (κ3) is 9.10. The minimum absolute atomic E-state index is 0.0375. The summed E-state index contributed by atoms with van der Waals surface area (Å²) in [6, 6.07) is 77.2. The molecule has 0 spiro atoms. The Labute approximate surface area is 434 Å². The molecule has 0 atom stereocenters. The zero-order valence-corrected chi connectivity index (χ0v) is 44.2. The molecule has 0 saturated heterocycles. The molecule has 0 aromatic heterocycles. The predicted molar refractivity (Wildman–Crippen MR) is 319 cm³/mol. The fourth-order valence-corrected chi connectivity index (χ4v) is 10.9. The van der Waals surface area contributed by atoms with Crippen molar-refractivity contribution < 1.29 is 0 Å². The Morgan fingerprint density at radius 1 is 0.425 bits per heavy atom. The van der Waals surface area contributed by atoms with E-state index in [9.17, 15) is 0 Å². The maximum atomic E-state index is 4.01. The van der Waals surface area contributed by atoms with E-state index in [1.807, 2.05) is 0 Å². The number of fused-ring (bicyclic) bond motifs is 4. The summed E-state index contributed by atoms with van der Waals surface area (Å²) >= 11 is 0. The first-order chi connectivity index (χ1) is 35.0. The standard InChI is InChI=1S/C69H66BN3/c1-45-42-48(46-18-12-11-13-19-46)25-41-61(45)73-62-44-56(72(54-34-28-51(29-35-54)68(5,6)7)55-36-30-52(31-37-55)69(8,9)10)38-40-60(62)70-65-63(73)43-49-21-15-16-22-57(49)64(65)59-39-24-47-20-14-17-23-58(47)66(59)71-53-32-26-50(27-33-53)67(2,3)4/h11-44,70-71H,1-10H3. The van der Waals surface area contributed by atoms with Crippen LogP contribution in [0, 0.1) is 6.92 Å². The second kappa shape index (κ2) is 18.3. The summed E-state index contributed by atoms with van der Waals surface area (Å²) in [5.41, 5.74) is 21.8. The maximum Gasteiger partial charge on any atom is 0.198 e. The molecule has 360 valence electrons. The third-order valence-electron chi connectivity index (χ3n) is 15.1. The van der Waals surface area contributed by atoms with Crippen molar-refractivity contribution in [2.75, 3.05) is 15.1 Å². The van der Waals surface area contributed by atoms with E-state index in [2.05, 4.69) is 291 Å². The molecule has 0 fully saturated rings. The zero-order chi connectivity index (χ0) is 50.8. The first-order valence-corrected chi connectivity index (χ1v) is 26.0. The van der Waals surface area contributed by atoms with Crippen LogP contribution in [-0.4, -0.2) is 7.28 Å². The molecule has 0 saturated carbocycles. The van der Waals surface area contributed by atoms with Gasteiger partial charge in [-0.1, -0.05) is 207 Å². The van der Waals surface area contributed by atoms with Crippen molar-refractivity contribution in [2.45, 2.75) is 85.5 Å². The zero-order valence-electron chi connectivity index (χ0n) is 44.2. The average Bonchev–Trinajstić information content (AvgIpc) is 3.38. The van der Waals surface area contributed by atoms with Crippen molar-refractivity contribution in [2.24, 2.45) is 0 Å². The molecule has 0 unspecified atom stereocenters. The van der Waals surface area contributed by atoms with E-state index >= 15 is 0 Å². The lowest BCUT2D eigenvalue weighted by Gasteiger charge is -2.37. The van der Waals surface area contributed by atoms with Gasteiger partial charge in [0, 0.05) is 50.8 Å². The molecular weight excluding hydrogens is 882 g/mol. The topological polar surface area (TPSA) is 18.5 Å². The van der Waals surface area contributed by atoms with E-state index in [0.29, 0.717) is 0 Å². The van der Waals surface area contributed by atoms with Gasteiger partial charge in [0.25, 0.3) is 0 Å². The summed E-state index contributed by atoms with van der Waals surface area (Å²) in [6.07, 6.45) is 0. The van der Waals surface area contributed by atoms with E-state index in [1.165, 1.54) is 88.4 Å². The Kier molecular flexibility index (Phi) is 11.9. The van der Waals surface area contributed by atoms with Crippen LogP contribution in [0.1, 0.15) is 84.6 Å². The number of hydrogen-bond donors (Lipinski definition) is 1. The maximum absolute atomic E-state index is 4.01. The molecule has 4 heteroatoms. The molecule has 0 bridgehead atoms. The largest absolute Gasteiger partial charge is 0.355 e. The lowest BCUT2D eigenvalue weighted by molar-refractivity contribution is 0.590. The Hall–Kier alpha value is -7.82. The molecular formula is C69H66BN3. The van der Waals surface area contributed by atoms with Crippen LogP contribution in [0.5, 0.6) is 0 Å². The van der Waals surface area contributed by atoms with Gasteiger partial charge in [0.2, 0.25) is 0 Å². The van der Waals surface area contributed by atoms with Crippen molar-refractivity contribution >= 4 is 85.2 Å². The van der Waals surface area contributed by atoms with Gasteiger partial charge >= 0.3 is 0 Å². The quantitative estimate of drug-likeness (QED) is 0.153. The van der Waals surface area contributed by atoms with Crippen LogP contribution in [-0.2, 0) is 16.2 Å². The van der Waals surface area contributed by atoms with Gasteiger partial charge < -0.3 is 15.1 Å². The van der Waals surface area contributed by atoms with Crippen LogP contribution in [0.2, 0.25) is 0 Å². The van der Waals surface area contributed by atoms with Crippen molar-refractivity contribution in [1.29, 1.82) is 0 Å². The second-order valence-corrected chi connectivity index (χ2v) is 23.3. The van der Waals surface area contributed by atoms with Crippen LogP contribution >= 0.6 is 0 Å². The highest BCUT2D eigenvalue weighted by atomic mass is 15.2. The lowest BCUT2D eigenvalue weighted by atomic mass is 9.57. The summed E-state index contributed by atoms with van der Waals surface area (Å²) in [6.45, 7) is 22.8. The van der Waals surface area contributed by atoms with Gasteiger partial charge in [0.05, 0.1) is 5.69 Å². The van der Waals surface area contributed by atoms with Crippen molar-refractivity contribution in [3.63, 3.8) is 0 Å². The molecule has 1 aliphatic rings. The van der Waals surface area contributed by atoms with Gasteiger partial charge in [-0.2, -0.15) is 0 Å². The van der Waals surface area contributed by atoms with Gasteiger partial charge in [0.1, 0.15) is 0 Å². The molecule has 1 N–H and O–H groups in total. The first kappa shape index (κ1) is 47.5. The molecule has 0 amide bonds. The number of hydrogen-bond acceptors (Lipinski definition) is 3. The number of benzene rings is 10. The van der Waals surface area contributed by atoms with Crippen molar-refractivity contribution in [3.8, 4) is 22.3 Å². The fourth-order valence-electron chi connectivity index (χ4n) is 10.9. The summed E-state index contributed by atoms with van der Waals surface area (Å²) in [4.78, 5) is 5.01. The van der Waals surface area contributed by atoms with Gasteiger partial charge in [-0.15, -0.1) is 0 Å². The van der Waals surface area contributed by atoms with E-state index in [0.717, 1.165) is 41.4 Å². The summed E-state index contributed by atoms with van der Waals surface area (Å²) in [7, 11) is 0.760. The SMILES string of the molecule is Cc1cc(-c2ccccc2)ccc1N1c2cc(N(c3ccc(C(C)(C)C)cc3)c3ccc(C(C)(C)C)cc3)ccc2Bc2c1cc1ccccc1c2-c1ccc2ccccc2c1Nc1ccc(C(C)(C)C)cc1. The number of rotatable bonds is 8. The first-order valence-electron chi connectivity index (χ1n) is 26.0. The monoisotopic (exact) mass is 948 g/mol.